The van der Waals surface area contributed by atoms with Gasteiger partial charge in [0, 0.05) is 38.1 Å². The molecule has 0 spiro atoms. The summed E-state index contributed by atoms with van der Waals surface area (Å²) in [4.78, 5) is 22.4. The van der Waals surface area contributed by atoms with Crippen molar-refractivity contribution in [2.45, 2.75) is 32.0 Å². The Morgan fingerprint density at radius 1 is 1.32 bits per heavy atom. The number of amides is 1. The molecule has 0 radical (unpaired) electrons. The van der Waals surface area contributed by atoms with Crippen LogP contribution in [-0.4, -0.2) is 45.9 Å². The lowest BCUT2D eigenvalue weighted by molar-refractivity contribution is -0.125. The fourth-order valence-electron chi connectivity index (χ4n) is 3.02. The zero-order valence-electron chi connectivity index (χ0n) is 14.3. The first-order valence-corrected chi connectivity index (χ1v) is 8.47. The van der Waals surface area contributed by atoms with Crippen LogP contribution >= 0.6 is 0 Å². The van der Waals surface area contributed by atoms with Gasteiger partial charge in [0.1, 0.15) is 5.75 Å². The van der Waals surface area contributed by atoms with Crippen LogP contribution in [0.1, 0.15) is 18.9 Å². The van der Waals surface area contributed by atoms with Gasteiger partial charge in [-0.2, -0.15) is 0 Å². The Morgan fingerprint density at radius 2 is 2.04 bits per heavy atom. The van der Waals surface area contributed by atoms with Gasteiger partial charge in [-0.3, -0.25) is 9.69 Å². The normalized spacial score (nSPS) is 20.4. The molecule has 1 aromatic heterocycles. The van der Waals surface area contributed by atoms with Gasteiger partial charge in [-0.05, 0) is 37.1 Å². The van der Waals surface area contributed by atoms with E-state index in [1.54, 1.807) is 18.5 Å². The van der Waals surface area contributed by atoms with Crippen LogP contribution < -0.4 is 15.8 Å². The van der Waals surface area contributed by atoms with Crippen LogP contribution in [-0.2, 0) is 11.3 Å². The number of likely N-dealkylation sites (tertiary alicyclic amines) is 1. The van der Waals surface area contributed by atoms with Crippen LogP contribution in [0.3, 0.4) is 0 Å². The molecule has 3 rings (SSSR count). The van der Waals surface area contributed by atoms with Gasteiger partial charge in [0.05, 0.1) is 6.04 Å². The smallest absolute Gasteiger partial charge is 0.321 e. The molecular formula is C18H23N5O2. The Kier molecular flexibility index (Phi) is 5.57. The van der Waals surface area contributed by atoms with Crippen LogP contribution in [0.2, 0.25) is 0 Å². The number of carbonyl (C=O) groups is 1. The lowest BCUT2D eigenvalue weighted by Gasteiger charge is -2.23. The molecule has 2 heterocycles. The van der Waals surface area contributed by atoms with Crippen LogP contribution in [0.5, 0.6) is 11.8 Å². The van der Waals surface area contributed by atoms with Crippen molar-refractivity contribution in [3.05, 3.63) is 48.3 Å². The molecule has 132 valence electrons. The molecule has 1 saturated heterocycles. The highest BCUT2D eigenvalue weighted by atomic mass is 16.5. The maximum absolute atomic E-state index is 12.2. The molecule has 2 aromatic rings. The topological polar surface area (TPSA) is 93.4 Å². The minimum absolute atomic E-state index is 0.0328. The van der Waals surface area contributed by atoms with Crippen molar-refractivity contribution in [1.82, 2.24) is 20.2 Å². The molecule has 2 atom stereocenters. The summed E-state index contributed by atoms with van der Waals surface area (Å²) in [6.07, 6.45) is 3.96. The number of likely N-dealkylation sites (N-methyl/N-ethyl adjacent to an activating group) is 1. The van der Waals surface area contributed by atoms with Gasteiger partial charge >= 0.3 is 6.01 Å². The van der Waals surface area contributed by atoms with E-state index >= 15 is 0 Å². The molecule has 7 heteroatoms. The second-order valence-electron chi connectivity index (χ2n) is 6.11. The minimum atomic E-state index is -0.163. The predicted octanol–water partition coefficient (Wildman–Crippen LogP) is 1.31. The molecule has 1 amide bonds. The van der Waals surface area contributed by atoms with Crippen molar-refractivity contribution >= 4 is 5.91 Å². The Morgan fingerprint density at radius 3 is 2.72 bits per heavy atom. The zero-order valence-corrected chi connectivity index (χ0v) is 14.3. The molecule has 0 bridgehead atoms. The predicted molar refractivity (Wildman–Crippen MR) is 94.0 cm³/mol. The highest BCUT2D eigenvalue weighted by Gasteiger charge is 2.34. The molecular weight excluding hydrogens is 318 g/mol. The number of rotatable bonds is 6. The second-order valence-corrected chi connectivity index (χ2v) is 6.11. The third-order valence-corrected chi connectivity index (χ3v) is 4.15. The maximum atomic E-state index is 12.2. The van der Waals surface area contributed by atoms with E-state index in [0.29, 0.717) is 31.3 Å². The molecule has 1 aliphatic rings. The van der Waals surface area contributed by atoms with Gasteiger partial charge < -0.3 is 15.8 Å². The van der Waals surface area contributed by atoms with E-state index in [2.05, 4.69) is 20.2 Å². The molecule has 0 aliphatic carbocycles. The van der Waals surface area contributed by atoms with Gasteiger partial charge in [0.15, 0.2) is 0 Å². The lowest BCUT2D eigenvalue weighted by Crippen LogP contribution is -2.42. The van der Waals surface area contributed by atoms with Gasteiger partial charge in [0.2, 0.25) is 5.91 Å². The molecule has 0 saturated carbocycles. The van der Waals surface area contributed by atoms with Crippen LogP contribution in [0, 0.1) is 0 Å². The average Bonchev–Trinajstić information content (AvgIpc) is 2.98. The fourth-order valence-corrected chi connectivity index (χ4v) is 3.02. The summed E-state index contributed by atoms with van der Waals surface area (Å²) in [6, 6.07) is 9.65. The summed E-state index contributed by atoms with van der Waals surface area (Å²) in [5.74, 6) is 0.727. The van der Waals surface area contributed by atoms with Crippen LogP contribution in [0.4, 0.5) is 0 Å². The summed E-state index contributed by atoms with van der Waals surface area (Å²) in [6.45, 7) is 3.95. The maximum Gasteiger partial charge on any atom is 0.321 e. The van der Waals surface area contributed by atoms with Crippen molar-refractivity contribution in [3.63, 3.8) is 0 Å². The van der Waals surface area contributed by atoms with Gasteiger partial charge in [-0.1, -0.05) is 12.1 Å². The van der Waals surface area contributed by atoms with E-state index in [-0.39, 0.29) is 18.0 Å². The van der Waals surface area contributed by atoms with Crippen molar-refractivity contribution in [2.24, 2.45) is 5.73 Å². The Balaban J connectivity index is 1.63. The minimum Gasteiger partial charge on any atom is -0.424 e. The van der Waals surface area contributed by atoms with E-state index in [9.17, 15) is 4.79 Å². The monoisotopic (exact) mass is 341 g/mol. The van der Waals surface area contributed by atoms with Crippen LogP contribution in [0.25, 0.3) is 0 Å². The van der Waals surface area contributed by atoms with Crippen LogP contribution in [0.15, 0.2) is 42.7 Å². The van der Waals surface area contributed by atoms with Gasteiger partial charge in [-0.25, -0.2) is 9.97 Å². The first-order chi connectivity index (χ1) is 12.2. The molecule has 1 aliphatic heterocycles. The van der Waals surface area contributed by atoms with E-state index in [0.717, 1.165) is 12.1 Å². The zero-order chi connectivity index (χ0) is 17.6. The lowest BCUT2D eigenvalue weighted by atomic mass is 10.1. The number of hydrogen-bond acceptors (Lipinski definition) is 6. The first kappa shape index (κ1) is 17.3. The van der Waals surface area contributed by atoms with Crippen molar-refractivity contribution in [3.8, 4) is 11.8 Å². The standard InChI is InChI=1S/C18H23N5O2/c1-2-20-17(24)16-10-14(19)12-23(16)11-13-4-6-15(7-5-13)25-18-21-8-3-9-22-18/h3-9,14,16H,2,10-12,19H2,1H3,(H,20,24)/t14-,16-/m0/s1. The van der Waals surface area contributed by atoms with E-state index in [1.165, 1.54) is 0 Å². The van der Waals surface area contributed by atoms with Crippen molar-refractivity contribution in [1.29, 1.82) is 0 Å². The number of ether oxygens (including phenoxy) is 1. The van der Waals surface area contributed by atoms with Crippen molar-refractivity contribution in [2.75, 3.05) is 13.1 Å². The molecule has 25 heavy (non-hydrogen) atoms. The Bertz CT molecular complexity index is 692. The number of nitrogens with two attached hydrogens (primary N) is 1. The second kappa shape index (κ2) is 8.04. The molecule has 1 fully saturated rings. The summed E-state index contributed by atoms with van der Waals surface area (Å²) >= 11 is 0. The fraction of sp³-hybridized carbons (Fsp3) is 0.389. The molecule has 3 N–H and O–H groups in total. The Hall–Kier alpha value is -2.51. The summed E-state index contributed by atoms with van der Waals surface area (Å²) in [7, 11) is 0. The molecule has 1 aromatic carbocycles. The summed E-state index contributed by atoms with van der Waals surface area (Å²) in [5, 5.41) is 2.89. The number of hydrogen-bond donors (Lipinski definition) is 2. The number of nitrogens with one attached hydrogen (secondary N) is 1. The molecule has 7 nitrogen and oxygen atoms in total. The summed E-state index contributed by atoms with van der Waals surface area (Å²) in [5.41, 5.74) is 7.16. The third kappa shape index (κ3) is 4.52. The van der Waals surface area contributed by atoms with Crippen molar-refractivity contribution < 1.29 is 9.53 Å². The first-order valence-electron chi connectivity index (χ1n) is 8.47. The Labute approximate surface area is 147 Å². The number of carbonyl (C=O) groups excluding carboxylic acids is 1. The number of nitrogens with zero attached hydrogens (tertiary/aromatic N) is 3. The third-order valence-electron chi connectivity index (χ3n) is 4.15. The molecule has 0 unspecified atom stereocenters. The quantitative estimate of drug-likeness (QED) is 0.823. The highest BCUT2D eigenvalue weighted by Crippen LogP contribution is 2.22. The van der Waals surface area contributed by atoms with E-state index in [1.807, 2.05) is 31.2 Å². The van der Waals surface area contributed by atoms with Gasteiger partial charge in [0.25, 0.3) is 0 Å². The van der Waals surface area contributed by atoms with E-state index < -0.39 is 0 Å². The largest absolute Gasteiger partial charge is 0.424 e. The average molecular weight is 341 g/mol. The SMILES string of the molecule is CCNC(=O)[C@@H]1C[C@H](N)CN1Cc1ccc(Oc2ncccn2)cc1. The summed E-state index contributed by atoms with van der Waals surface area (Å²) < 4.78 is 5.59. The van der Waals surface area contributed by atoms with E-state index in [4.69, 9.17) is 10.5 Å². The van der Waals surface area contributed by atoms with Gasteiger partial charge in [-0.15, -0.1) is 0 Å². The number of aromatic nitrogens is 2. The number of benzene rings is 1. The highest BCUT2D eigenvalue weighted by molar-refractivity contribution is 5.82.